The molecule has 0 unspecified atom stereocenters. The molecule has 6 heteroatoms. The fourth-order valence-electron chi connectivity index (χ4n) is 3.69. The highest BCUT2D eigenvalue weighted by molar-refractivity contribution is 5.93. The minimum Gasteiger partial charge on any atom is -0.341 e. The van der Waals surface area contributed by atoms with Gasteiger partial charge in [-0.2, -0.15) is 0 Å². The number of rotatable bonds is 5. The smallest absolute Gasteiger partial charge is 0.227 e. The maximum absolute atomic E-state index is 13.7. The van der Waals surface area contributed by atoms with Crippen molar-refractivity contribution in [2.45, 2.75) is 32.2 Å². The Bertz CT molecular complexity index is 813. The van der Waals surface area contributed by atoms with Crippen molar-refractivity contribution in [1.82, 2.24) is 4.90 Å². The molecule has 148 valence electrons. The predicted molar refractivity (Wildman–Crippen MR) is 103 cm³/mol. The summed E-state index contributed by atoms with van der Waals surface area (Å²) >= 11 is 0. The van der Waals surface area contributed by atoms with Crippen molar-refractivity contribution in [2.75, 3.05) is 12.4 Å². The molecule has 2 aromatic carbocycles. The Morgan fingerprint density at radius 1 is 0.929 bits per heavy atom. The van der Waals surface area contributed by atoms with Crippen molar-refractivity contribution in [3.8, 4) is 0 Å². The summed E-state index contributed by atoms with van der Waals surface area (Å²) in [6.45, 7) is 0.548. The lowest BCUT2D eigenvalue weighted by molar-refractivity contribution is -0.137. The van der Waals surface area contributed by atoms with Gasteiger partial charge >= 0.3 is 0 Å². The van der Waals surface area contributed by atoms with E-state index in [1.807, 2.05) is 30.3 Å². The lowest BCUT2D eigenvalue weighted by Crippen LogP contribution is -2.36. The average molecular weight is 386 g/mol. The number of nitrogens with zero attached hydrogens (tertiary/aromatic N) is 1. The van der Waals surface area contributed by atoms with Crippen LogP contribution < -0.4 is 5.32 Å². The zero-order chi connectivity index (χ0) is 20.1. The van der Waals surface area contributed by atoms with Gasteiger partial charge in [-0.1, -0.05) is 36.4 Å². The second-order valence-corrected chi connectivity index (χ2v) is 7.31. The molecule has 2 aromatic rings. The van der Waals surface area contributed by atoms with Gasteiger partial charge in [0.1, 0.15) is 17.3 Å². The Morgan fingerprint density at radius 3 is 2.11 bits per heavy atom. The molecule has 0 atom stereocenters. The molecule has 1 N–H and O–H groups in total. The Hall–Kier alpha value is -2.76. The second-order valence-electron chi connectivity index (χ2n) is 7.31. The van der Waals surface area contributed by atoms with Crippen molar-refractivity contribution >= 4 is 17.5 Å². The molecule has 1 aliphatic carbocycles. The van der Waals surface area contributed by atoms with Gasteiger partial charge in [0, 0.05) is 25.4 Å². The molecular weight excluding hydrogens is 362 g/mol. The summed E-state index contributed by atoms with van der Waals surface area (Å²) in [5, 5.41) is 2.36. The van der Waals surface area contributed by atoms with Crippen LogP contribution in [0.25, 0.3) is 0 Å². The average Bonchev–Trinajstić information content (AvgIpc) is 2.71. The standard InChI is InChI=1S/C22H24F2N2O2/c1-26(14-15-6-3-2-4-7-15)22(28)17-12-10-16(11-13-17)21(27)25-20-18(23)8-5-9-19(20)24/h2-9,16-17H,10-14H2,1H3,(H,25,27). The van der Waals surface area contributed by atoms with Crippen LogP contribution in [-0.4, -0.2) is 23.8 Å². The van der Waals surface area contributed by atoms with Crippen molar-refractivity contribution in [2.24, 2.45) is 11.8 Å². The lowest BCUT2D eigenvalue weighted by atomic mass is 9.81. The molecule has 0 spiro atoms. The van der Waals surface area contributed by atoms with Gasteiger partial charge in [-0.15, -0.1) is 0 Å². The molecule has 2 amide bonds. The summed E-state index contributed by atoms with van der Waals surface area (Å²) < 4.78 is 27.4. The molecule has 0 aliphatic heterocycles. The first-order chi connectivity index (χ1) is 13.5. The molecule has 1 fully saturated rings. The number of hydrogen-bond donors (Lipinski definition) is 1. The third-order valence-corrected chi connectivity index (χ3v) is 5.30. The molecule has 0 aromatic heterocycles. The number of carbonyl (C=O) groups is 2. The van der Waals surface area contributed by atoms with Crippen molar-refractivity contribution in [3.63, 3.8) is 0 Å². The number of hydrogen-bond acceptors (Lipinski definition) is 2. The normalized spacial score (nSPS) is 19.1. The monoisotopic (exact) mass is 386 g/mol. The van der Waals surface area contributed by atoms with Gasteiger partial charge in [-0.05, 0) is 43.4 Å². The van der Waals surface area contributed by atoms with E-state index in [4.69, 9.17) is 0 Å². The SMILES string of the molecule is CN(Cc1ccccc1)C(=O)C1CCC(C(=O)Nc2c(F)cccc2F)CC1. The molecule has 0 saturated heterocycles. The Labute approximate surface area is 163 Å². The molecular formula is C22H24F2N2O2. The number of halogens is 2. The summed E-state index contributed by atoms with van der Waals surface area (Å²) in [5.41, 5.74) is 0.659. The van der Waals surface area contributed by atoms with Crippen LogP contribution in [0.1, 0.15) is 31.2 Å². The first kappa shape index (κ1) is 20.0. The van der Waals surface area contributed by atoms with E-state index in [1.165, 1.54) is 6.07 Å². The molecule has 0 radical (unpaired) electrons. The quantitative estimate of drug-likeness (QED) is 0.830. The summed E-state index contributed by atoms with van der Waals surface area (Å²) in [6, 6.07) is 13.2. The second kappa shape index (κ2) is 8.95. The van der Waals surface area contributed by atoms with Gasteiger partial charge in [0.25, 0.3) is 0 Å². The number of carbonyl (C=O) groups excluding carboxylic acids is 2. The first-order valence-electron chi connectivity index (χ1n) is 9.49. The maximum Gasteiger partial charge on any atom is 0.227 e. The number of benzene rings is 2. The van der Waals surface area contributed by atoms with E-state index >= 15 is 0 Å². The summed E-state index contributed by atoms with van der Waals surface area (Å²) in [5.74, 6) is -2.37. The van der Waals surface area contributed by atoms with Crippen LogP contribution in [0.15, 0.2) is 48.5 Å². The van der Waals surface area contributed by atoms with Crippen LogP contribution >= 0.6 is 0 Å². The Kier molecular flexibility index (Phi) is 6.39. The molecule has 0 bridgehead atoms. The number of anilines is 1. The van der Waals surface area contributed by atoms with E-state index in [9.17, 15) is 18.4 Å². The Morgan fingerprint density at radius 2 is 1.50 bits per heavy atom. The molecule has 1 aliphatic rings. The number of nitrogens with one attached hydrogen (secondary N) is 1. The van der Waals surface area contributed by atoms with Crippen molar-refractivity contribution < 1.29 is 18.4 Å². The van der Waals surface area contributed by atoms with Crippen molar-refractivity contribution in [3.05, 3.63) is 65.7 Å². The predicted octanol–water partition coefficient (Wildman–Crippen LogP) is 4.37. The van der Waals surface area contributed by atoms with E-state index in [1.54, 1.807) is 11.9 Å². The summed E-state index contributed by atoms with van der Waals surface area (Å²) in [7, 11) is 1.79. The van der Waals surface area contributed by atoms with Gasteiger partial charge in [0.05, 0.1) is 0 Å². The highest BCUT2D eigenvalue weighted by atomic mass is 19.1. The molecule has 3 rings (SSSR count). The first-order valence-corrected chi connectivity index (χ1v) is 9.49. The van der Waals surface area contributed by atoms with E-state index in [-0.39, 0.29) is 17.7 Å². The van der Waals surface area contributed by atoms with E-state index < -0.39 is 23.2 Å². The summed E-state index contributed by atoms with van der Waals surface area (Å²) in [4.78, 5) is 26.8. The van der Waals surface area contributed by atoms with Crippen LogP contribution in [0.2, 0.25) is 0 Å². The van der Waals surface area contributed by atoms with Crippen LogP contribution in [0.3, 0.4) is 0 Å². The highest BCUT2D eigenvalue weighted by Crippen LogP contribution is 2.31. The third kappa shape index (κ3) is 4.74. The highest BCUT2D eigenvalue weighted by Gasteiger charge is 2.31. The minimum atomic E-state index is -0.792. The van der Waals surface area contributed by atoms with Crippen LogP contribution in [0, 0.1) is 23.5 Å². The third-order valence-electron chi connectivity index (χ3n) is 5.30. The zero-order valence-corrected chi connectivity index (χ0v) is 15.8. The summed E-state index contributed by atoms with van der Waals surface area (Å²) in [6.07, 6.45) is 2.24. The number of para-hydroxylation sites is 1. The Balaban J connectivity index is 1.52. The largest absolute Gasteiger partial charge is 0.341 e. The fourth-order valence-corrected chi connectivity index (χ4v) is 3.69. The fraction of sp³-hybridized carbons (Fsp3) is 0.364. The molecule has 28 heavy (non-hydrogen) atoms. The molecule has 1 saturated carbocycles. The van der Waals surface area contributed by atoms with E-state index in [0.717, 1.165) is 17.7 Å². The van der Waals surface area contributed by atoms with Crippen LogP contribution in [0.4, 0.5) is 14.5 Å². The van der Waals surface area contributed by atoms with Crippen LogP contribution in [-0.2, 0) is 16.1 Å². The topological polar surface area (TPSA) is 49.4 Å². The van der Waals surface area contributed by atoms with E-state index in [0.29, 0.717) is 32.2 Å². The molecule has 0 heterocycles. The van der Waals surface area contributed by atoms with Crippen LogP contribution in [0.5, 0.6) is 0 Å². The van der Waals surface area contributed by atoms with Gasteiger partial charge in [-0.3, -0.25) is 9.59 Å². The molecule has 4 nitrogen and oxygen atoms in total. The van der Waals surface area contributed by atoms with Gasteiger partial charge < -0.3 is 10.2 Å². The zero-order valence-electron chi connectivity index (χ0n) is 15.8. The van der Waals surface area contributed by atoms with Crippen molar-refractivity contribution in [1.29, 1.82) is 0 Å². The van der Waals surface area contributed by atoms with Gasteiger partial charge in [0.2, 0.25) is 11.8 Å². The number of amides is 2. The maximum atomic E-state index is 13.7. The minimum absolute atomic E-state index is 0.0721. The van der Waals surface area contributed by atoms with Gasteiger partial charge in [-0.25, -0.2) is 8.78 Å². The van der Waals surface area contributed by atoms with Gasteiger partial charge in [0.15, 0.2) is 0 Å². The lowest BCUT2D eigenvalue weighted by Gasteiger charge is -2.30. The van der Waals surface area contributed by atoms with E-state index in [2.05, 4.69) is 5.32 Å².